The first-order valence-electron chi connectivity index (χ1n) is 10.6. The molecule has 0 spiro atoms. The van der Waals surface area contributed by atoms with Gasteiger partial charge in [0, 0.05) is 32.0 Å². The third kappa shape index (κ3) is 3.95. The summed E-state index contributed by atoms with van der Waals surface area (Å²) in [5, 5.41) is 21.5. The third-order valence-electron chi connectivity index (χ3n) is 5.49. The molecule has 3 amide bonds. The van der Waals surface area contributed by atoms with E-state index in [1.54, 1.807) is 54.6 Å². The topological polar surface area (TPSA) is 114 Å². The van der Waals surface area contributed by atoms with Crippen molar-refractivity contribution in [2.75, 3.05) is 22.9 Å². The van der Waals surface area contributed by atoms with Crippen LogP contribution < -0.4 is 15.1 Å². The number of carbonyl (C=O) groups is 3. The number of para-hydroxylation sites is 2. The Kier molecular flexibility index (Phi) is 6.91. The number of carbonyl (C=O) groups excluding carboxylic acids is 3. The molecule has 0 bridgehead atoms. The zero-order valence-electron chi connectivity index (χ0n) is 18.2. The molecular formula is C24H26N4O4. The first-order chi connectivity index (χ1) is 15.4. The molecule has 0 aliphatic carbocycles. The number of hydrogen-bond acceptors (Lipinski definition) is 5. The summed E-state index contributed by atoms with van der Waals surface area (Å²) in [6, 6.07) is 14.9. The van der Waals surface area contributed by atoms with E-state index >= 15 is 0 Å². The average molecular weight is 434 g/mol. The van der Waals surface area contributed by atoms with Crippen LogP contribution in [0.3, 0.4) is 0 Å². The highest BCUT2D eigenvalue weighted by molar-refractivity contribution is 6.24. The summed E-state index contributed by atoms with van der Waals surface area (Å²) in [5.74, 6) is -1.03. The number of Topliss-reactive ketones (excluding diaryl/α,β-unsaturated/α-hetero) is 1. The Balaban J connectivity index is 0.000000913. The molecule has 8 nitrogen and oxygen atoms in total. The number of anilines is 2. The average Bonchev–Trinajstić information content (AvgIpc) is 3.01. The molecule has 2 aromatic rings. The predicted octanol–water partition coefficient (Wildman–Crippen LogP) is 3.47. The van der Waals surface area contributed by atoms with E-state index < -0.39 is 17.4 Å². The fraction of sp³-hybridized carbons (Fsp3) is 0.333. The van der Waals surface area contributed by atoms with Crippen LogP contribution in [0.15, 0.2) is 48.5 Å². The van der Waals surface area contributed by atoms with E-state index in [9.17, 15) is 19.5 Å². The van der Waals surface area contributed by atoms with Crippen molar-refractivity contribution in [3.8, 4) is 6.07 Å². The summed E-state index contributed by atoms with van der Waals surface area (Å²) in [5.41, 5.74) is -0.593. The molecule has 0 aromatic heterocycles. The zero-order chi connectivity index (χ0) is 23.3. The standard InChI is InChI=1S/C22H23N3O4.C2H3N/c1-2-3-13-23-21(28)24-14-12-22(29)19(26)15-8-4-7-11-18(15)25(22)20(27)16-9-5-6-10-17(16)24;1-2-3/h4-11,29H,2-3,12-14H2,1H3,(H,23,28);1H3/t22-;/m1./s1. The molecule has 4 rings (SSSR count). The lowest BCUT2D eigenvalue weighted by atomic mass is 9.99. The molecule has 2 heterocycles. The van der Waals surface area contributed by atoms with E-state index in [0.29, 0.717) is 23.5 Å². The van der Waals surface area contributed by atoms with Gasteiger partial charge in [0.1, 0.15) is 0 Å². The maximum atomic E-state index is 13.5. The third-order valence-corrected chi connectivity index (χ3v) is 5.49. The lowest BCUT2D eigenvalue weighted by molar-refractivity contribution is 0.0293. The molecule has 8 heteroatoms. The second-order valence-electron chi connectivity index (χ2n) is 7.53. The van der Waals surface area contributed by atoms with Crippen LogP contribution in [-0.4, -0.2) is 41.6 Å². The van der Waals surface area contributed by atoms with Gasteiger partial charge in [-0.15, -0.1) is 0 Å². The Morgan fingerprint density at radius 1 is 1.12 bits per heavy atom. The predicted molar refractivity (Wildman–Crippen MR) is 121 cm³/mol. The van der Waals surface area contributed by atoms with Gasteiger partial charge in [-0.1, -0.05) is 37.6 Å². The number of aliphatic hydroxyl groups is 1. The van der Waals surface area contributed by atoms with Crippen LogP contribution >= 0.6 is 0 Å². The summed E-state index contributed by atoms with van der Waals surface area (Å²) in [4.78, 5) is 41.9. The fourth-order valence-corrected chi connectivity index (χ4v) is 3.96. The number of nitriles is 1. The number of ketones is 1. The van der Waals surface area contributed by atoms with Gasteiger partial charge >= 0.3 is 6.03 Å². The van der Waals surface area contributed by atoms with Crippen molar-refractivity contribution >= 4 is 29.1 Å². The highest BCUT2D eigenvalue weighted by Crippen LogP contribution is 2.42. The molecule has 2 aliphatic rings. The first kappa shape index (κ1) is 23.0. The second-order valence-corrected chi connectivity index (χ2v) is 7.53. The Hall–Kier alpha value is -3.70. The molecule has 0 radical (unpaired) electrons. The Morgan fingerprint density at radius 3 is 2.38 bits per heavy atom. The minimum atomic E-state index is -2.02. The molecule has 2 aromatic carbocycles. The molecule has 2 N–H and O–H groups in total. The van der Waals surface area contributed by atoms with E-state index in [2.05, 4.69) is 5.32 Å². The Bertz CT molecular complexity index is 1080. The minimum absolute atomic E-state index is 0.0816. The van der Waals surface area contributed by atoms with Gasteiger partial charge in [0.25, 0.3) is 5.91 Å². The molecule has 0 saturated carbocycles. The monoisotopic (exact) mass is 434 g/mol. The van der Waals surface area contributed by atoms with E-state index in [-0.39, 0.29) is 24.6 Å². The van der Waals surface area contributed by atoms with Gasteiger partial charge in [-0.25, -0.2) is 4.79 Å². The van der Waals surface area contributed by atoms with Crippen LogP contribution in [0.1, 0.15) is 53.8 Å². The van der Waals surface area contributed by atoms with Crippen molar-refractivity contribution in [1.82, 2.24) is 5.32 Å². The highest BCUT2D eigenvalue weighted by atomic mass is 16.3. The van der Waals surface area contributed by atoms with Gasteiger partial charge in [0.2, 0.25) is 11.5 Å². The number of urea groups is 1. The number of rotatable bonds is 3. The van der Waals surface area contributed by atoms with E-state index in [0.717, 1.165) is 12.8 Å². The van der Waals surface area contributed by atoms with Crippen LogP contribution in [0, 0.1) is 11.3 Å². The molecule has 2 aliphatic heterocycles. The SMILES string of the molecule is CC#N.CCCCNC(=O)N1CC[C@@]2(O)C(=O)c3ccccc3N2C(=O)c2ccccc21. The quantitative estimate of drug-likeness (QED) is 0.718. The van der Waals surface area contributed by atoms with Gasteiger partial charge in [-0.2, -0.15) is 5.26 Å². The van der Waals surface area contributed by atoms with Crippen molar-refractivity contribution < 1.29 is 19.5 Å². The van der Waals surface area contributed by atoms with Gasteiger partial charge in [-0.05, 0) is 30.7 Å². The van der Waals surface area contributed by atoms with Crippen LogP contribution in [0.25, 0.3) is 0 Å². The smallest absolute Gasteiger partial charge is 0.321 e. The van der Waals surface area contributed by atoms with Gasteiger partial charge in [-0.3, -0.25) is 19.4 Å². The Labute approximate surface area is 187 Å². The van der Waals surface area contributed by atoms with Crippen molar-refractivity contribution in [2.45, 2.75) is 38.8 Å². The number of fused-ring (bicyclic) bond motifs is 4. The van der Waals surface area contributed by atoms with E-state index in [1.807, 2.05) is 6.92 Å². The minimum Gasteiger partial charge on any atom is -0.364 e. The molecule has 0 saturated heterocycles. The van der Waals surface area contributed by atoms with Gasteiger partial charge in [0.15, 0.2) is 0 Å². The van der Waals surface area contributed by atoms with Crippen LogP contribution in [-0.2, 0) is 0 Å². The summed E-state index contributed by atoms with van der Waals surface area (Å²) in [6.07, 6.45) is 1.70. The van der Waals surface area contributed by atoms with Gasteiger partial charge < -0.3 is 10.4 Å². The van der Waals surface area contributed by atoms with Gasteiger partial charge in [0.05, 0.1) is 23.0 Å². The molecular weight excluding hydrogens is 408 g/mol. The number of unbranched alkanes of at least 4 members (excludes halogenated alkanes) is 1. The molecule has 32 heavy (non-hydrogen) atoms. The molecule has 0 fully saturated rings. The van der Waals surface area contributed by atoms with E-state index in [4.69, 9.17) is 5.26 Å². The highest BCUT2D eigenvalue weighted by Gasteiger charge is 2.54. The lowest BCUT2D eigenvalue weighted by Crippen LogP contribution is -2.57. The Morgan fingerprint density at radius 2 is 1.72 bits per heavy atom. The lowest BCUT2D eigenvalue weighted by Gasteiger charge is -2.38. The fourth-order valence-electron chi connectivity index (χ4n) is 3.96. The van der Waals surface area contributed by atoms with Crippen LogP contribution in [0.2, 0.25) is 0 Å². The van der Waals surface area contributed by atoms with E-state index in [1.165, 1.54) is 16.7 Å². The van der Waals surface area contributed by atoms with Crippen molar-refractivity contribution in [2.24, 2.45) is 0 Å². The summed E-state index contributed by atoms with van der Waals surface area (Å²) < 4.78 is 0. The van der Waals surface area contributed by atoms with Crippen molar-refractivity contribution in [3.05, 3.63) is 59.7 Å². The number of nitrogens with zero attached hydrogens (tertiary/aromatic N) is 3. The first-order valence-corrected chi connectivity index (χ1v) is 10.6. The number of benzene rings is 2. The number of hydrogen-bond donors (Lipinski definition) is 2. The molecule has 0 unspecified atom stereocenters. The number of nitrogens with one attached hydrogen (secondary N) is 1. The van der Waals surface area contributed by atoms with Crippen molar-refractivity contribution in [1.29, 1.82) is 5.26 Å². The van der Waals surface area contributed by atoms with Crippen molar-refractivity contribution in [3.63, 3.8) is 0 Å². The van der Waals surface area contributed by atoms with Crippen LogP contribution in [0.5, 0.6) is 0 Å². The second kappa shape index (κ2) is 9.62. The number of amides is 3. The normalized spacial score (nSPS) is 18.8. The summed E-state index contributed by atoms with van der Waals surface area (Å²) >= 11 is 0. The largest absolute Gasteiger partial charge is 0.364 e. The molecule has 1 atom stereocenters. The maximum absolute atomic E-state index is 13.5. The molecule has 166 valence electrons. The van der Waals surface area contributed by atoms with Crippen LogP contribution in [0.4, 0.5) is 16.2 Å². The zero-order valence-corrected chi connectivity index (χ0v) is 18.2. The summed E-state index contributed by atoms with van der Waals surface area (Å²) in [6.45, 7) is 4.07. The maximum Gasteiger partial charge on any atom is 0.321 e. The summed E-state index contributed by atoms with van der Waals surface area (Å²) in [7, 11) is 0.